The summed E-state index contributed by atoms with van der Waals surface area (Å²) in [6, 6.07) is 5.74. The molecule has 0 aliphatic heterocycles. The predicted molar refractivity (Wildman–Crippen MR) is 106 cm³/mol. The molecule has 1 aromatic carbocycles. The van der Waals surface area contributed by atoms with Crippen molar-refractivity contribution in [2.75, 3.05) is 6.61 Å². The highest BCUT2D eigenvalue weighted by Crippen LogP contribution is 2.22. The molecule has 148 valence electrons. The molecule has 3 N–H and O–H groups in total. The minimum Gasteiger partial charge on any atom is -0.494 e. The zero-order chi connectivity index (χ0) is 20.1. The number of nitrogens with one attached hydrogen (secondary N) is 3. The van der Waals surface area contributed by atoms with Gasteiger partial charge in [-0.05, 0) is 50.5 Å². The Bertz CT molecular complexity index is 958. The van der Waals surface area contributed by atoms with Crippen molar-refractivity contribution < 1.29 is 14.3 Å². The van der Waals surface area contributed by atoms with E-state index >= 15 is 0 Å². The van der Waals surface area contributed by atoms with E-state index < -0.39 is 11.8 Å². The van der Waals surface area contributed by atoms with Crippen LogP contribution in [0.2, 0.25) is 0 Å². The van der Waals surface area contributed by atoms with E-state index in [0.717, 1.165) is 29.7 Å². The first-order valence-electron chi connectivity index (χ1n) is 9.07. The molecule has 0 saturated heterocycles. The van der Waals surface area contributed by atoms with Crippen LogP contribution in [0.15, 0.2) is 34.9 Å². The lowest BCUT2D eigenvalue weighted by Gasteiger charge is -2.13. The summed E-state index contributed by atoms with van der Waals surface area (Å²) in [5.74, 6) is -0.696. The number of carbonyl (C=O) groups excluding carboxylic acids is 2. The number of carbonyl (C=O) groups is 2. The number of thiazole rings is 1. The molecule has 0 unspecified atom stereocenters. The van der Waals surface area contributed by atoms with E-state index in [4.69, 9.17) is 10.1 Å². The number of nitrogens with zero attached hydrogens (tertiary/aromatic N) is 2. The first-order chi connectivity index (χ1) is 13.5. The van der Waals surface area contributed by atoms with Gasteiger partial charge < -0.3 is 14.6 Å². The highest BCUT2D eigenvalue weighted by atomic mass is 32.1. The van der Waals surface area contributed by atoms with Crippen LogP contribution in [0.4, 0.5) is 0 Å². The van der Waals surface area contributed by atoms with Crippen LogP contribution in [0, 0.1) is 5.41 Å². The summed E-state index contributed by atoms with van der Waals surface area (Å²) in [6.45, 7) is 4.70. The van der Waals surface area contributed by atoms with Crippen LogP contribution in [0.1, 0.15) is 37.8 Å². The zero-order valence-electron chi connectivity index (χ0n) is 15.8. The van der Waals surface area contributed by atoms with Crippen molar-refractivity contribution in [3.63, 3.8) is 0 Å². The summed E-state index contributed by atoms with van der Waals surface area (Å²) < 4.78 is 7.52. The van der Waals surface area contributed by atoms with Crippen molar-refractivity contribution in [3.05, 3.63) is 45.7 Å². The molecule has 9 heteroatoms. The highest BCUT2D eigenvalue weighted by Gasteiger charge is 2.26. The molecule has 2 aromatic rings. The molecule has 0 bridgehead atoms. The molecule has 1 aliphatic carbocycles. The molecule has 0 radical (unpaired) electrons. The number of benzene rings is 1. The van der Waals surface area contributed by atoms with Gasteiger partial charge in [0.1, 0.15) is 5.75 Å². The molecule has 1 saturated carbocycles. The van der Waals surface area contributed by atoms with Crippen LogP contribution >= 0.6 is 11.3 Å². The molecule has 8 nitrogen and oxygen atoms in total. The number of amides is 2. The smallest absolute Gasteiger partial charge is 0.329 e. The van der Waals surface area contributed by atoms with Gasteiger partial charge in [-0.15, -0.1) is 11.3 Å². The molecular formula is C19H23N5O3S. The van der Waals surface area contributed by atoms with Crippen LogP contribution in [0.5, 0.6) is 5.75 Å². The Balaban J connectivity index is 1.75. The quantitative estimate of drug-likeness (QED) is 0.372. The van der Waals surface area contributed by atoms with Gasteiger partial charge in [0.25, 0.3) is 0 Å². The third-order valence-electron chi connectivity index (χ3n) is 4.24. The molecule has 1 heterocycles. The van der Waals surface area contributed by atoms with Gasteiger partial charge in [-0.3, -0.25) is 15.0 Å². The second-order valence-electron chi connectivity index (χ2n) is 6.48. The minimum atomic E-state index is -0.773. The van der Waals surface area contributed by atoms with Crippen LogP contribution < -0.4 is 20.3 Å². The maximum Gasteiger partial charge on any atom is 0.329 e. The fraction of sp³-hybridized carbons (Fsp3) is 0.368. The molecular weight excluding hydrogens is 378 g/mol. The van der Waals surface area contributed by atoms with Gasteiger partial charge in [0, 0.05) is 23.2 Å². The van der Waals surface area contributed by atoms with Crippen molar-refractivity contribution in [2.24, 2.45) is 5.10 Å². The Morgan fingerprint density at radius 1 is 1.36 bits per heavy atom. The number of ether oxygens (including phenoxy) is 1. The van der Waals surface area contributed by atoms with Crippen LogP contribution in [-0.4, -0.2) is 34.7 Å². The number of hydrogen-bond acceptors (Lipinski definition) is 6. The van der Waals surface area contributed by atoms with Gasteiger partial charge in [-0.1, -0.05) is 0 Å². The molecule has 1 aliphatic rings. The SMILES string of the molecule is CCOc1ccc(/C(C)=N\NC(=O)C(=O)NC2CC2)cc1Cn1ccsc1=N. The Labute approximate surface area is 166 Å². The van der Waals surface area contributed by atoms with Gasteiger partial charge in [0.05, 0.1) is 18.9 Å². The number of aromatic nitrogens is 1. The van der Waals surface area contributed by atoms with E-state index in [1.165, 1.54) is 11.3 Å². The Morgan fingerprint density at radius 3 is 2.79 bits per heavy atom. The molecule has 1 fully saturated rings. The third-order valence-corrected chi connectivity index (χ3v) is 4.96. The average Bonchev–Trinajstić information content (AvgIpc) is 3.41. The van der Waals surface area contributed by atoms with Gasteiger partial charge in [-0.25, -0.2) is 5.43 Å². The fourth-order valence-corrected chi connectivity index (χ4v) is 3.16. The van der Waals surface area contributed by atoms with E-state index in [1.807, 2.05) is 41.3 Å². The summed E-state index contributed by atoms with van der Waals surface area (Å²) in [7, 11) is 0. The van der Waals surface area contributed by atoms with E-state index in [-0.39, 0.29) is 6.04 Å². The Kier molecular flexibility index (Phi) is 6.25. The number of hydrazone groups is 1. The maximum absolute atomic E-state index is 11.8. The summed E-state index contributed by atoms with van der Waals surface area (Å²) in [4.78, 5) is 24.0. The van der Waals surface area contributed by atoms with Crippen molar-refractivity contribution in [3.8, 4) is 5.75 Å². The first kappa shape index (κ1) is 19.8. The van der Waals surface area contributed by atoms with E-state index in [1.54, 1.807) is 6.92 Å². The Morgan fingerprint density at radius 2 is 2.14 bits per heavy atom. The molecule has 3 rings (SSSR count). The fourth-order valence-electron chi connectivity index (χ4n) is 2.56. The van der Waals surface area contributed by atoms with E-state index in [2.05, 4.69) is 15.8 Å². The lowest BCUT2D eigenvalue weighted by molar-refractivity contribution is -0.139. The molecule has 1 aromatic heterocycles. The van der Waals surface area contributed by atoms with Crippen molar-refractivity contribution in [1.82, 2.24) is 15.3 Å². The Hall–Kier alpha value is -2.94. The third kappa shape index (κ3) is 5.07. The standard InChI is InChI=1S/C19H23N5O3S/c1-3-27-16-7-4-13(10-14(16)11-24-8-9-28-19(24)20)12(2)22-23-18(26)17(25)21-15-5-6-15/h4,7-10,15,20H,3,5-6,11H2,1-2H3,(H,21,25)(H,23,26)/b20-19?,22-12-. The van der Waals surface area contributed by atoms with E-state index in [0.29, 0.717) is 23.7 Å². The van der Waals surface area contributed by atoms with E-state index in [9.17, 15) is 9.59 Å². The second-order valence-corrected chi connectivity index (χ2v) is 7.37. The summed E-state index contributed by atoms with van der Waals surface area (Å²) in [5, 5.41) is 16.5. The van der Waals surface area contributed by atoms with Crippen LogP contribution in [-0.2, 0) is 16.1 Å². The van der Waals surface area contributed by atoms with Crippen molar-refractivity contribution in [2.45, 2.75) is 39.3 Å². The lowest BCUT2D eigenvalue weighted by Crippen LogP contribution is -2.39. The molecule has 0 atom stereocenters. The van der Waals surface area contributed by atoms with Gasteiger partial charge in [-0.2, -0.15) is 5.10 Å². The number of hydrogen-bond donors (Lipinski definition) is 3. The summed E-state index contributed by atoms with van der Waals surface area (Å²) in [6.07, 6.45) is 3.69. The molecule has 0 spiro atoms. The average molecular weight is 401 g/mol. The van der Waals surface area contributed by atoms with Crippen molar-refractivity contribution in [1.29, 1.82) is 5.41 Å². The normalized spacial score (nSPS) is 13.9. The van der Waals surface area contributed by atoms with Gasteiger partial charge in [0.15, 0.2) is 4.80 Å². The predicted octanol–water partition coefficient (Wildman–Crippen LogP) is 1.59. The molecule has 28 heavy (non-hydrogen) atoms. The topological polar surface area (TPSA) is 109 Å². The number of rotatable bonds is 7. The summed E-state index contributed by atoms with van der Waals surface area (Å²) >= 11 is 1.36. The monoisotopic (exact) mass is 401 g/mol. The zero-order valence-corrected chi connectivity index (χ0v) is 16.6. The maximum atomic E-state index is 11.8. The van der Waals surface area contributed by atoms with Gasteiger partial charge >= 0.3 is 11.8 Å². The van der Waals surface area contributed by atoms with Crippen LogP contribution in [0.3, 0.4) is 0 Å². The minimum absolute atomic E-state index is 0.119. The molecule has 2 amide bonds. The highest BCUT2D eigenvalue weighted by molar-refractivity contribution is 7.06. The van der Waals surface area contributed by atoms with Gasteiger partial charge in [0.2, 0.25) is 0 Å². The largest absolute Gasteiger partial charge is 0.494 e. The van der Waals surface area contributed by atoms with Crippen molar-refractivity contribution >= 4 is 28.9 Å². The lowest BCUT2D eigenvalue weighted by atomic mass is 10.1. The van der Waals surface area contributed by atoms with Crippen LogP contribution in [0.25, 0.3) is 0 Å². The first-order valence-corrected chi connectivity index (χ1v) is 9.95. The summed E-state index contributed by atoms with van der Waals surface area (Å²) in [5.41, 5.74) is 4.57. The second kappa shape index (κ2) is 8.83.